The summed E-state index contributed by atoms with van der Waals surface area (Å²) in [7, 11) is 0. The van der Waals surface area contributed by atoms with Crippen molar-refractivity contribution in [3.05, 3.63) is 53.8 Å². The number of benzene rings is 2. The van der Waals surface area contributed by atoms with E-state index in [1.54, 1.807) is 19.1 Å². The van der Waals surface area contributed by atoms with Gasteiger partial charge < -0.3 is 15.4 Å². The van der Waals surface area contributed by atoms with Crippen molar-refractivity contribution in [3.8, 4) is 5.75 Å². The molecule has 0 bridgehead atoms. The monoisotopic (exact) mass is 378 g/mol. The zero-order chi connectivity index (χ0) is 18.2. The topological polar surface area (TPSA) is 57.4 Å². The Morgan fingerprint density at radius 3 is 2.08 bits per heavy atom. The molecule has 5 nitrogen and oxygen atoms in total. The van der Waals surface area contributed by atoms with Gasteiger partial charge in [-0.2, -0.15) is 0 Å². The molecule has 4 N–H and O–H groups in total. The second kappa shape index (κ2) is 9.14. The molecule has 0 radical (unpaired) electrons. The molecule has 2 rings (SSSR count). The number of aryl methyl sites for hydroxylation is 1. The molecule has 2 aromatic rings. The van der Waals surface area contributed by atoms with Crippen LogP contribution in [0, 0.1) is 12.7 Å². The molecule has 0 heterocycles. The Hall–Kier alpha value is -2.45. The number of thiocarbonyl (C=S) groups is 2. The van der Waals surface area contributed by atoms with Crippen LogP contribution in [0.5, 0.6) is 5.75 Å². The minimum absolute atomic E-state index is 0.263. The molecule has 0 amide bonds. The molecule has 0 aliphatic heterocycles. The maximum atomic E-state index is 13.5. The van der Waals surface area contributed by atoms with E-state index in [4.69, 9.17) is 29.2 Å². The molecule has 25 heavy (non-hydrogen) atoms. The predicted octanol–water partition coefficient (Wildman–Crippen LogP) is 3.72. The normalized spacial score (nSPS) is 9.88. The van der Waals surface area contributed by atoms with Crippen LogP contribution in [0.15, 0.2) is 42.5 Å². The molecule has 0 aliphatic carbocycles. The smallest absolute Gasteiger partial charge is 0.189 e. The van der Waals surface area contributed by atoms with Gasteiger partial charge in [-0.05, 0) is 80.2 Å². The van der Waals surface area contributed by atoms with E-state index in [9.17, 15) is 4.39 Å². The highest BCUT2D eigenvalue weighted by molar-refractivity contribution is 7.81. The van der Waals surface area contributed by atoms with E-state index in [2.05, 4.69) is 21.5 Å². The fourth-order valence-corrected chi connectivity index (χ4v) is 2.25. The van der Waals surface area contributed by atoms with Crippen LogP contribution in [0.2, 0.25) is 0 Å². The highest BCUT2D eigenvalue weighted by atomic mass is 32.1. The van der Waals surface area contributed by atoms with Crippen LogP contribution in [0.4, 0.5) is 15.8 Å². The summed E-state index contributed by atoms with van der Waals surface area (Å²) in [5.41, 5.74) is 7.42. The summed E-state index contributed by atoms with van der Waals surface area (Å²) in [5.74, 6) is 0.495. The highest BCUT2D eigenvalue weighted by Crippen LogP contribution is 2.15. The number of rotatable bonds is 4. The molecule has 0 atom stereocenters. The average molecular weight is 378 g/mol. The molecule has 0 unspecified atom stereocenters. The van der Waals surface area contributed by atoms with Crippen molar-refractivity contribution in [2.24, 2.45) is 0 Å². The summed E-state index contributed by atoms with van der Waals surface area (Å²) < 4.78 is 18.9. The summed E-state index contributed by atoms with van der Waals surface area (Å²) in [6, 6.07) is 12.2. The minimum atomic E-state index is -0.298. The Morgan fingerprint density at radius 2 is 1.52 bits per heavy atom. The van der Waals surface area contributed by atoms with Gasteiger partial charge in [-0.1, -0.05) is 6.07 Å². The van der Waals surface area contributed by atoms with Crippen molar-refractivity contribution in [1.82, 2.24) is 10.9 Å². The fourth-order valence-electron chi connectivity index (χ4n) is 1.91. The molecule has 0 aliphatic rings. The summed E-state index contributed by atoms with van der Waals surface area (Å²) in [4.78, 5) is 0. The molecule has 132 valence electrons. The van der Waals surface area contributed by atoms with Crippen molar-refractivity contribution in [3.63, 3.8) is 0 Å². The van der Waals surface area contributed by atoms with Gasteiger partial charge >= 0.3 is 0 Å². The van der Waals surface area contributed by atoms with Crippen molar-refractivity contribution in [2.75, 3.05) is 17.2 Å². The zero-order valence-corrected chi connectivity index (χ0v) is 15.5. The average Bonchev–Trinajstić information content (AvgIpc) is 2.58. The van der Waals surface area contributed by atoms with Crippen LogP contribution in [0.3, 0.4) is 0 Å². The van der Waals surface area contributed by atoms with E-state index < -0.39 is 0 Å². The lowest BCUT2D eigenvalue weighted by Crippen LogP contribution is -2.45. The summed E-state index contributed by atoms with van der Waals surface area (Å²) in [6.07, 6.45) is 0. The lowest BCUT2D eigenvalue weighted by molar-refractivity contribution is 0.340. The Balaban J connectivity index is 1.78. The Kier molecular flexibility index (Phi) is 6.91. The second-order valence-corrected chi connectivity index (χ2v) is 5.90. The van der Waals surface area contributed by atoms with Crippen LogP contribution in [0.25, 0.3) is 0 Å². The van der Waals surface area contributed by atoms with Gasteiger partial charge in [0.1, 0.15) is 11.6 Å². The maximum absolute atomic E-state index is 13.5. The zero-order valence-electron chi connectivity index (χ0n) is 13.9. The number of halogens is 1. The van der Waals surface area contributed by atoms with E-state index in [0.717, 1.165) is 11.4 Å². The van der Waals surface area contributed by atoms with E-state index in [1.807, 2.05) is 31.2 Å². The SMILES string of the molecule is CCOc1ccc(NC(=S)NNC(=S)Nc2ccc(C)c(F)c2)cc1. The molecule has 0 fully saturated rings. The van der Waals surface area contributed by atoms with Crippen LogP contribution >= 0.6 is 24.4 Å². The molecule has 0 aromatic heterocycles. The Bertz CT molecular complexity index is 753. The van der Waals surface area contributed by atoms with E-state index in [1.165, 1.54) is 6.07 Å². The number of hydrogen-bond acceptors (Lipinski definition) is 3. The molecule has 8 heteroatoms. The van der Waals surface area contributed by atoms with Crippen molar-refractivity contribution in [2.45, 2.75) is 13.8 Å². The third-order valence-corrected chi connectivity index (χ3v) is 3.55. The lowest BCUT2D eigenvalue weighted by Gasteiger charge is -2.14. The van der Waals surface area contributed by atoms with Crippen molar-refractivity contribution >= 4 is 46.0 Å². The first-order chi connectivity index (χ1) is 12.0. The first kappa shape index (κ1) is 18.9. The van der Waals surface area contributed by atoms with Crippen LogP contribution in [-0.4, -0.2) is 16.8 Å². The van der Waals surface area contributed by atoms with Gasteiger partial charge in [0.05, 0.1) is 6.61 Å². The molecular weight excluding hydrogens is 359 g/mol. The highest BCUT2D eigenvalue weighted by Gasteiger charge is 2.03. The quantitative estimate of drug-likeness (QED) is 0.478. The van der Waals surface area contributed by atoms with Gasteiger partial charge in [0.15, 0.2) is 10.2 Å². The van der Waals surface area contributed by atoms with E-state index in [-0.39, 0.29) is 10.9 Å². The largest absolute Gasteiger partial charge is 0.494 e. The van der Waals surface area contributed by atoms with Crippen LogP contribution in [0.1, 0.15) is 12.5 Å². The van der Waals surface area contributed by atoms with Crippen molar-refractivity contribution in [1.29, 1.82) is 0 Å². The number of nitrogens with one attached hydrogen (secondary N) is 4. The van der Waals surface area contributed by atoms with E-state index in [0.29, 0.717) is 23.0 Å². The van der Waals surface area contributed by atoms with Gasteiger partial charge in [-0.25, -0.2) is 4.39 Å². The summed E-state index contributed by atoms with van der Waals surface area (Å²) >= 11 is 10.3. The Labute approximate surface area is 156 Å². The second-order valence-electron chi connectivity index (χ2n) is 5.08. The number of hydrogen-bond donors (Lipinski definition) is 4. The summed E-state index contributed by atoms with van der Waals surface area (Å²) in [6.45, 7) is 4.24. The number of anilines is 2. The van der Waals surface area contributed by atoms with Gasteiger partial charge in [0.25, 0.3) is 0 Å². The molecular formula is C17H19FN4OS2. The maximum Gasteiger partial charge on any atom is 0.189 e. The van der Waals surface area contributed by atoms with Gasteiger partial charge in [-0.3, -0.25) is 10.9 Å². The first-order valence-corrected chi connectivity index (χ1v) is 8.42. The predicted molar refractivity (Wildman–Crippen MR) is 107 cm³/mol. The molecule has 0 spiro atoms. The van der Waals surface area contributed by atoms with Gasteiger partial charge in [0.2, 0.25) is 0 Å². The fraction of sp³-hybridized carbons (Fsp3) is 0.176. The van der Waals surface area contributed by atoms with Crippen molar-refractivity contribution < 1.29 is 9.13 Å². The Morgan fingerprint density at radius 1 is 0.960 bits per heavy atom. The molecule has 2 aromatic carbocycles. The molecule has 0 saturated carbocycles. The number of hydrazine groups is 1. The van der Waals surface area contributed by atoms with Crippen LogP contribution in [-0.2, 0) is 0 Å². The number of ether oxygens (including phenoxy) is 1. The standard InChI is InChI=1S/C17H19FN4OS2/c1-3-23-14-8-6-12(7-9-14)19-16(24)21-22-17(25)20-13-5-4-11(2)15(18)10-13/h4-10H,3H2,1-2H3,(H2,19,21,24)(H2,20,22,25). The van der Waals surface area contributed by atoms with Crippen LogP contribution < -0.4 is 26.2 Å². The third-order valence-electron chi connectivity index (χ3n) is 3.14. The third kappa shape index (κ3) is 6.17. The minimum Gasteiger partial charge on any atom is -0.494 e. The van der Waals surface area contributed by atoms with Gasteiger partial charge in [-0.15, -0.1) is 0 Å². The summed E-state index contributed by atoms with van der Waals surface area (Å²) in [5, 5.41) is 6.47. The van der Waals surface area contributed by atoms with Gasteiger partial charge in [0, 0.05) is 11.4 Å². The lowest BCUT2D eigenvalue weighted by atomic mass is 10.2. The molecule has 0 saturated heterocycles. The van der Waals surface area contributed by atoms with E-state index >= 15 is 0 Å². The first-order valence-electron chi connectivity index (χ1n) is 7.61.